The zero-order valence-electron chi connectivity index (χ0n) is 20.3. The molecule has 0 saturated carbocycles. The molecule has 3 N–H and O–H groups in total. The molecule has 4 rings (SSSR count). The van der Waals surface area contributed by atoms with Crippen molar-refractivity contribution in [3.05, 3.63) is 59.7 Å². The van der Waals surface area contributed by atoms with Crippen molar-refractivity contribution in [2.75, 3.05) is 26.3 Å². The van der Waals surface area contributed by atoms with Gasteiger partial charge in [-0.2, -0.15) is 13.2 Å². The van der Waals surface area contributed by atoms with Gasteiger partial charge in [0.25, 0.3) is 0 Å². The third-order valence-corrected chi connectivity index (χ3v) is 7.94. The van der Waals surface area contributed by atoms with Gasteiger partial charge < -0.3 is 14.8 Å². The Labute approximate surface area is 214 Å². The van der Waals surface area contributed by atoms with Gasteiger partial charge in [0, 0.05) is 26.3 Å². The summed E-state index contributed by atoms with van der Waals surface area (Å²) in [4.78, 5) is 15.7. The lowest BCUT2D eigenvalue weighted by Gasteiger charge is -2.43. The van der Waals surface area contributed by atoms with Crippen LogP contribution >= 0.6 is 0 Å². The van der Waals surface area contributed by atoms with Crippen LogP contribution < -0.4 is 15.2 Å². The molecule has 1 amide bonds. The van der Waals surface area contributed by atoms with Gasteiger partial charge in [-0.15, -0.1) is 0 Å². The molecule has 2 aliphatic heterocycles. The molecule has 37 heavy (non-hydrogen) atoms. The quantitative estimate of drug-likeness (QED) is 0.557. The highest BCUT2D eigenvalue weighted by Gasteiger charge is 2.48. The smallest absolute Gasteiger partial charge is 0.416 e. The molecule has 2 aliphatic rings. The summed E-state index contributed by atoms with van der Waals surface area (Å²) < 4.78 is 73.7. The number of hydrogen-bond donors (Lipinski definition) is 2. The van der Waals surface area contributed by atoms with E-state index in [1.165, 1.54) is 24.3 Å². The molecule has 0 bridgehead atoms. The average molecular weight is 542 g/mol. The molecule has 0 aromatic heterocycles. The maximum Gasteiger partial charge on any atom is 0.416 e. The summed E-state index contributed by atoms with van der Waals surface area (Å²) in [6, 6.07) is 10.4. The highest BCUT2D eigenvalue weighted by molar-refractivity contribution is 7.89. The molecule has 2 fully saturated rings. The molecule has 2 aromatic rings. The van der Waals surface area contributed by atoms with Crippen LogP contribution in [0.15, 0.2) is 53.4 Å². The Kier molecular flexibility index (Phi) is 7.84. The van der Waals surface area contributed by atoms with Crippen LogP contribution in [0, 0.1) is 0 Å². The lowest BCUT2D eigenvalue weighted by Crippen LogP contribution is -2.61. The fraction of sp³-hybridized carbons (Fsp3) is 0.480. The second-order valence-electron chi connectivity index (χ2n) is 9.45. The maximum atomic E-state index is 13.6. The Balaban J connectivity index is 1.45. The largest absolute Gasteiger partial charge is 0.489 e. The standard InChI is InChI=1S/C25H30F3N3O5S/c1-17(18-5-7-22(8-6-18)37(29,33)34)30-23(32)24(10-13-35-14-11-24)31-12-9-21(16-31)36-20-4-2-3-19(15-20)25(26,27)28/h2-8,15,17,21H,9-14,16H2,1H3,(H,30,32)(H2,29,33,34)/t17-,21+/m0/s1. The van der Waals surface area contributed by atoms with E-state index in [4.69, 9.17) is 14.6 Å². The van der Waals surface area contributed by atoms with Crippen LogP contribution in [0.3, 0.4) is 0 Å². The van der Waals surface area contributed by atoms with Gasteiger partial charge >= 0.3 is 6.18 Å². The molecule has 2 atom stereocenters. The summed E-state index contributed by atoms with van der Waals surface area (Å²) in [6.07, 6.45) is -3.32. The van der Waals surface area contributed by atoms with Crippen LogP contribution in [0.25, 0.3) is 0 Å². The first-order chi connectivity index (χ1) is 17.4. The minimum absolute atomic E-state index is 0.0143. The predicted octanol–water partition coefficient (Wildman–Crippen LogP) is 3.23. The van der Waals surface area contributed by atoms with E-state index in [0.717, 1.165) is 17.7 Å². The van der Waals surface area contributed by atoms with Crippen LogP contribution in [0.2, 0.25) is 0 Å². The summed E-state index contributed by atoms with van der Waals surface area (Å²) in [7, 11) is -3.82. The first-order valence-electron chi connectivity index (χ1n) is 12.0. The normalized spacial score (nSPS) is 21.4. The van der Waals surface area contributed by atoms with Crippen LogP contribution in [0.1, 0.15) is 43.4 Å². The SMILES string of the molecule is C[C@H](NC(=O)C1(N2CC[C@@H](Oc3cccc(C(F)(F)F)c3)C2)CCOCC1)c1ccc(S(N)(=O)=O)cc1. The topological polar surface area (TPSA) is 111 Å². The highest BCUT2D eigenvalue weighted by Crippen LogP contribution is 2.35. The summed E-state index contributed by atoms with van der Waals surface area (Å²) in [5, 5.41) is 8.21. The van der Waals surface area contributed by atoms with Gasteiger partial charge in [0.1, 0.15) is 17.4 Å². The summed E-state index contributed by atoms with van der Waals surface area (Å²) in [5.41, 5.74) is -0.903. The fourth-order valence-electron chi connectivity index (χ4n) is 4.91. The highest BCUT2D eigenvalue weighted by atomic mass is 32.2. The minimum Gasteiger partial charge on any atom is -0.489 e. The molecule has 0 aliphatic carbocycles. The lowest BCUT2D eigenvalue weighted by molar-refractivity contribution is -0.141. The first-order valence-corrected chi connectivity index (χ1v) is 13.5. The third kappa shape index (κ3) is 6.25. The summed E-state index contributed by atoms with van der Waals surface area (Å²) in [6.45, 7) is 3.55. The number of carbonyl (C=O) groups is 1. The first kappa shape index (κ1) is 27.4. The predicted molar refractivity (Wildman–Crippen MR) is 129 cm³/mol. The van der Waals surface area contributed by atoms with Gasteiger partial charge in [-0.25, -0.2) is 13.6 Å². The van der Waals surface area contributed by atoms with Gasteiger partial charge in [-0.1, -0.05) is 18.2 Å². The number of rotatable bonds is 7. The van der Waals surface area contributed by atoms with Gasteiger partial charge in [0.05, 0.1) is 16.5 Å². The second-order valence-corrected chi connectivity index (χ2v) is 11.0. The Morgan fingerprint density at radius 3 is 2.49 bits per heavy atom. The van der Waals surface area contributed by atoms with Gasteiger partial charge in [-0.3, -0.25) is 9.69 Å². The van der Waals surface area contributed by atoms with Gasteiger partial charge in [0.2, 0.25) is 15.9 Å². The number of carbonyl (C=O) groups excluding carboxylic acids is 1. The molecule has 2 heterocycles. The van der Waals surface area contributed by atoms with E-state index in [2.05, 4.69) is 5.32 Å². The lowest BCUT2D eigenvalue weighted by atomic mass is 9.86. The molecule has 8 nitrogen and oxygen atoms in total. The van der Waals surface area contributed by atoms with Crippen molar-refractivity contribution >= 4 is 15.9 Å². The Morgan fingerprint density at radius 1 is 1.19 bits per heavy atom. The Hall–Kier alpha value is -2.67. The van der Waals surface area contributed by atoms with E-state index in [0.29, 0.717) is 45.6 Å². The summed E-state index contributed by atoms with van der Waals surface area (Å²) >= 11 is 0. The number of ether oxygens (including phenoxy) is 2. The van der Waals surface area contributed by atoms with Gasteiger partial charge in [-0.05, 0) is 62.1 Å². The van der Waals surface area contributed by atoms with E-state index >= 15 is 0 Å². The minimum atomic E-state index is -4.46. The monoisotopic (exact) mass is 541 g/mol. The molecule has 0 radical (unpaired) electrons. The molecule has 0 spiro atoms. The number of alkyl halides is 3. The van der Waals surface area contributed by atoms with E-state index in [-0.39, 0.29) is 22.7 Å². The molecule has 202 valence electrons. The van der Waals surface area contributed by atoms with Crippen molar-refractivity contribution in [2.45, 2.75) is 54.9 Å². The molecule has 12 heteroatoms. The molecule has 2 aromatic carbocycles. The van der Waals surface area contributed by atoms with Crippen molar-refractivity contribution in [3.8, 4) is 5.75 Å². The van der Waals surface area contributed by atoms with Crippen LogP contribution in [-0.2, 0) is 25.7 Å². The summed E-state index contributed by atoms with van der Waals surface area (Å²) in [5.74, 6) is -0.0396. The number of nitrogens with one attached hydrogen (secondary N) is 1. The maximum absolute atomic E-state index is 13.6. The van der Waals surface area contributed by atoms with Crippen LogP contribution in [0.5, 0.6) is 5.75 Å². The average Bonchev–Trinajstić information content (AvgIpc) is 3.32. The number of sulfonamides is 1. The number of primary sulfonamides is 1. The number of hydrogen-bond acceptors (Lipinski definition) is 6. The number of likely N-dealkylation sites (tertiary alicyclic amines) is 1. The third-order valence-electron chi connectivity index (χ3n) is 7.01. The van der Waals surface area contributed by atoms with Crippen molar-refractivity contribution in [2.24, 2.45) is 5.14 Å². The number of amides is 1. The van der Waals surface area contributed by atoms with E-state index < -0.39 is 33.3 Å². The van der Waals surface area contributed by atoms with Gasteiger partial charge in [0.15, 0.2) is 0 Å². The van der Waals surface area contributed by atoms with Crippen molar-refractivity contribution in [3.63, 3.8) is 0 Å². The van der Waals surface area contributed by atoms with Crippen molar-refractivity contribution < 1.29 is 35.9 Å². The number of benzene rings is 2. The van der Waals surface area contributed by atoms with E-state index in [1.54, 1.807) is 19.1 Å². The van der Waals surface area contributed by atoms with Crippen LogP contribution in [-0.4, -0.2) is 57.2 Å². The zero-order valence-corrected chi connectivity index (χ0v) is 21.1. The zero-order chi connectivity index (χ0) is 26.8. The van der Waals surface area contributed by atoms with E-state index in [9.17, 15) is 26.4 Å². The fourth-order valence-corrected chi connectivity index (χ4v) is 5.42. The molecular formula is C25H30F3N3O5S. The van der Waals surface area contributed by atoms with Crippen LogP contribution in [0.4, 0.5) is 13.2 Å². The molecular weight excluding hydrogens is 511 g/mol. The van der Waals surface area contributed by atoms with Crippen molar-refractivity contribution in [1.82, 2.24) is 10.2 Å². The van der Waals surface area contributed by atoms with Crippen molar-refractivity contribution in [1.29, 1.82) is 0 Å². The molecule has 2 saturated heterocycles. The number of halogens is 3. The number of nitrogens with two attached hydrogens (primary N) is 1. The number of nitrogens with zero attached hydrogens (tertiary/aromatic N) is 1. The van der Waals surface area contributed by atoms with E-state index in [1.807, 2.05) is 4.90 Å². The second kappa shape index (κ2) is 10.6. The Morgan fingerprint density at radius 2 is 1.86 bits per heavy atom. The Bertz CT molecular complexity index is 1210. The molecule has 0 unspecified atom stereocenters.